The van der Waals surface area contributed by atoms with E-state index >= 15 is 0 Å². The van der Waals surface area contributed by atoms with Gasteiger partial charge in [-0.05, 0) is 32.4 Å². The normalized spacial score (nSPS) is 15.8. The number of alkyl halides is 2. The van der Waals surface area contributed by atoms with E-state index in [1.807, 2.05) is 0 Å². The minimum absolute atomic E-state index is 0.0933. The summed E-state index contributed by atoms with van der Waals surface area (Å²) in [4.78, 5) is 23.7. The highest BCUT2D eigenvalue weighted by Gasteiger charge is 2.28. The van der Waals surface area contributed by atoms with Crippen LogP contribution in [-0.2, 0) is 14.3 Å². The van der Waals surface area contributed by atoms with E-state index in [0.29, 0.717) is 13.2 Å². The fourth-order valence-electron chi connectivity index (χ4n) is 1.42. The molecule has 9 heteroatoms. The van der Waals surface area contributed by atoms with Crippen molar-refractivity contribution >= 4 is 37.2 Å². The first-order valence-electron chi connectivity index (χ1n) is 6.34. The second-order valence-electron chi connectivity index (χ2n) is 3.82. The SMILES string of the molecule is CCOC(CC(=O)N=[P+]([O-])N(C(C)Cl)C(C)Cl)OCC. The molecule has 6 nitrogen and oxygen atoms in total. The number of halogens is 2. The standard InChI is InChI=1S/C11H21Cl2N2O4P/c1-5-18-11(19-6-2)7-10(16)14-20(17)15(8(3)12)9(4)13/h8-9,11H,5-7H2,1-4H3. The van der Waals surface area contributed by atoms with Gasteiger partial charge in [-0.15, -0.1) is 23.2 Å². The molecule has 0 radical (unpaired) electrons. The summed E-state index contributed by atoms with van der Waals surface area (Å²) < 4.78 is 15.3. The maximum atomic E-state index is 12.0. The van der Waals surface area contributed by atoms with Crippen LogP contribution in [0.15, 0.2) is 4.74 Å². The third-order valence-corrected chi connectivity index (χ3v) is 4.34. The molecule has 0 rings (SSSR count). The molecule has 0 aliphatic heterocycles. The number of rotatable bonds is 9. The summed E-state index contributed by atoms with van der Waals surface area (Å²) >= 11 is 11.7. The van der Waals surface area contributed by atoms with Crippen LogP contribution in [0.5, 0.6) is 0 Å². The first kappa shape index (κ1) is 20.2. The lowest BCUT2D eigenvalue weighted by Crippen LogP contribution is -2.30. The Labute approximate surface area is 130 Å². The number of carbonyl (C=O) groups is 1. The number of ether oxygens (including phenoxy) is 2. The summed E-state index contributed by atoms with van der Waals surface area (Å²) in [7, 11) is -2.33. The van der Waals surface area contributed by atoms with Crippen LogP contribution in [0.4, 0.5) is 0 Å². The highest BCUT2D eigenvalue weighted by Crippen LogP contribution is 2.31. The molecule has 20 heavy (non-hydrogen) atoms. The molecule has 0 spiro atoms. The van der Waals surface area contributed by atoms with Crippen molar-refractivity contribution in [1.29, 1.82) is 0 Å². The summed E-state index contributed by atoms with van der Waals surface area (Å²) in [5.41, 5.74) is -1.20. The van der Waals surface area contributed by atoms with Gasteiger partial charge in [-0.3, -0.25) is 4.79 Å². The van der Waals surface area contributed by atoms with Gasteiger partial charge in [0.1, 0.15) is 11.0 Å². The van der Waals surface area contributed by atoms with Crippen molar-refractivity contribution in [3.05, 3.63) is 0 Å². The van der Waals surface area contributed by atoms with Gasteiger partial charge in [0.25, 0.3) is 14.0 Å². The van der Waals surface area contributed by atoms with Crippen LogP contribution >= 0.6 is 31.3 Å². The number of hydrogen-bond donors (Lipinski definition) is 0. The Hall–Kier alpha value is 0.190. The van der Waals surface area contributed by atoms with Crippen molar-refractivity contribution in [1.82, 2.24) is 4.67 Å². The van der Waals surface area contributed by atoms with E-state index in [1.165, 1.54) is 4.67 Å². The van der Waals surface area contributed by atoms with Crippen LogP contribution in [0.1, 0.15) is 34.1 Å². The molecular formula is C11H21Cl2N2O4P. The topological polar surface area (TPSA) is 74.2 Å². The van der Waals surface area contributed by atoms with E-state index in [-0.39, 0.29) is 6.42 Å². The second-order valence-corrected chi connectivity index (χ2v) is 6.25. The lowest BCUT2D eigenvalue weighted by atomic mass is 10.4. The Kier molecular flexibility index (Phi) is 11.0. The molecule has 3 atom stereocenters. The molecule has 0 aromatic carbocycles. The van der Waals surface area contributed by atoms with E-state index in [2.05, 4.69) is 4.74 Å². The molecular weight excluding hydrogens is 326 g/mol. The number of amides is 1. The van der Waals surface area contributed by atoms with Crippen molar-refractivity contribution in [2.24, 2.45) is 4.74 Å². The maximum absolute atomic E-state index is 12.0. The number of carbonyl (C=O) groups excluding carboxylic acids is 1. The summed E-state index contributed by atoms with van der Waals surface area (Å²) in [5.74, 6) is -0.572. The van der Waals surface area contributed by atoms with Crippen LogP contribution < -0.4 is 4.89 Å². The van der Waals surface area contributed by atoms with E-state index in [9.17, 15) is 9.69 Å². The zero-order valence-corrected chi connectivity index (χ0v) is 14.5. The molecule has 1 amide bonds. The van der Waals surface area contributed by atoms with E-state index < -0.39 is 31.3 Å². The molecule has 0 fully saturated rings. The molecule has 0 bridgehead atoms. The highest BCUT2D eigenvalue weighted by molar-refractivity contribution is 7.37. The largest absolute Gasteiger partial charge is 0.594 e. The van der Waals surface area contributed by atoms with Crippen molar-refractivity contribution in [2.75, 3.05) is 13.2 Å². The summed E-state index contributed by atoms with van der Waals surface area (Å²) in [6, 6.07) is 0. The van der Waals surface area contributed by atoms with Crippen LogP contribution in [-0.4, -0.2) is 41.1 Å². The predicted molar refractivity (Wildman–Crippen MR) is 78.5 cm³/mol. The van der Waals surface area contributed by atoms with Crippen LogP contribution in [0.25, 0.3) is 0 Å². The van der Waals surface area contributed by atoms with Gasteiger partial charge in [0.2, 0.25) is 0 Å². The third kappa shape index (κ3) is 7.84. The Morgan fingerprint density at radius 1 is 1.25 bits per heavy atom. The molecule has 3 unspecified atom stereocenters. The number of nitrogens with zero attached hydrogens (tertiary/aromatic N) is 2. The average Bonchev–Trinajstić information content (AvgIpc) is 2.27. The van der Waals surface area contributed by atoms with Crippen molar-refractivity contribution < 1.29 is 19.2 Å². The summed E-state index contributed by atoms with van der Waals surface area (Å²) in [6.07, 6.45) is -0.774. The molecule has 0 saturated carbocycles. The lowest BCUT2D eigenvalue weighted by molar-refractivity contribution is -0.168. The van der Waals surface area contributed by atoms with Gasteiger partial charge in [0.05, 0.1) is 6.42 Å². The Morgan fingerprint density at radius 3 is 2.05 bits per heavy atom. The second kappa shape index (κ2) is 10.9. The van der Waals surface area contributed by atoms with Gasteiger partial charge in [-0.25, -0.2) is 0 Å². The maximum Gasteiger partial charge on any atom is 0.294 e. The van der Waals surface area contributed by atoms with Gasteiger partial charge in [-0.2, -0.15) is 0 Å². The monoisotopic (exact) mass is 346 g/mol. The zero-order valence-electron chi connectivity index (χ0n) is 12.1. The van der Waals surface area contributed by atoms with Crippen LogP contribution in [0, 0.1) is 0 Å². The van der Waals surface area contributed by atoms with Crippen molar-refractivity contribution in [2.45, 2.75) is 51.4 Å². The van der Waals surface area contributed by atoms with Crippen molar-refractivity contribution in [3.63, 3.8) is 0 Å². The zero-order chi connectivity index (χ0) is 15.7. The van der Waals surface area contributed by atoms with E-state index in [1.54, 1.807) is 27.7 Å². The predicted octanol–water partition coefficient (Wildman–Crippen LogP) is 2.63. The first-order valence-corrected chi connectivity index (χ1v) is 8.38. The Morgan fingerprint density at radius 2 is 1.70 bits per heavy atom. The Bertz CT molecular complexity index is 316. The van der Waals surface area contributed by atoms with Gasteiger partial charge in [0, 0.05) is 13.2 Å². The summed E-state index contributed by atoms with van der Waals surface area (Å²) in [6.45, 7) is 7.62. The van der Waals surface area contributed by atoms with Gasteiger partial charge < -0.3 is 14.4 Å². The minimum Gasteiger partial charge on any atom is -0.594 e. The van der Waals surface area contributed by atoms with Gasteiger partial charge in [-0.1, -0.05) is 4.67 Å². The fraction of sp³-hybridized carbons (Fsp3) is 0.909. The molecule has 0 N–H and O–H groups in total. The summed E-state index contributed by atoms with van der Waals surface area (Å²) in [5, 5.41) is 0. The smallest absolute Gasteiger partial charge is 0.294 e. The molecule has 0 aliphatic rings. The number of hydrogen-bond acceptors (Lipinski definition) is 4. The molecule has 0 saturated heterocycles. The third-order valence-electron chi connectivity index (χ3n) is 2.17. The van der Waals surface area contributed by atoms with E-state index in [0.717, 1.165) is 0 Å². The van der Waals surface area contributed by atoms with Crippen LogP contribution in [0.3, 0.4) is 0 Å². The fourth-order valence-corrected chi connectivity index (χ4v) is 3.19. The molecule has 0 aromatic heterocycles. The van der Waals surface area contributed by atoms with Crippen LogP contribution in [0.2, 0.25) is 0 Å². The first-order chi connectivity index (χ1) is 9.33. The minimum atomic E-state index is -2.33. The Balaban J connectivity index is 4.71. The highest BCUT2D eigenvalue weighted by atomic mass is 35.5. The quantitative estimate of drug-likeness (QED) is 0.277. The van der Waals surface area contributed by atoms with Gasteiger partial charge in [0.15, 0.2) is 6.29 Å². The van der Waals surface area contributed by atoms with Crippen molar-refractivity contribution in [3.8, 4) is 0 Å². The molecule has 0 aliphatic carbocycles. The molecule has 0 aromatic rings. The lowest BCUT2D eigenvalue weighted by Gasteiger charge is -2.20. The van der Waals surface area contributed by atoms with E-state index in [4.69, 9.17) is 32.7 Å². The molecule has 118 valence electrons. The van der Waals surface area contributed by atoms with Gasteiger partial charge >= 0.3 is 0 Å². The molecule has 0 heterocycles. The average molecular weight is 347 g/mol.